The lowest BCUT2D eigenvalue weighted by Crippen LogP contribution is -2.22. The number of fused-ring (bicyclic) bond motifs is 2. The average molecular weight is 292 g/mol. The highest BCUT2D eigenvalue weighted by Crippen LogP contribution is 2.52. The van der Waals surface area contributed by atoms with Crippen LogP contribution in [0.3, 0.4) is 0 Å². The summed E-state index contributed by atoms with van der Waals surface area (Å²) in [6, 6.07) is 6.78. The number of sulfonamides is 1. The van der Waals surface area contributed by atoms with Gasteiger partial charge in [0.15, 0.2) is 0 Å². The van der Waals surface area contributed by atoms with Crippen LogP contribution in [0.5, 0.6) is 0 Å². The van der Waals surface area contributed by atoms with Crippen molar-refractivity contribution < 1.29 is 8.42 Å². The van der Waals surface area contributed by atoms with E-state index in [1.807, 2.05) is 13.1 Å². The maximum atomic E-state index is 12.1. The van der Waals surface area contributed by atoms with E-state index in [2.05, 4.69) is 9.93 Å². The van der Waals surface area contributed by atoms with Gasteiger partial charge in [-0.3, -0.25) is 0 Å². The molecule has 2 aliphatic carbocycles. The Morgan fingerprint density at radius 1 is 1.25 bits per heavy atom. The van der Waals surface area contributed by atoms with Crippen LogP contribution in [0.1, 0.15) is 37.7 Å². The standard InChI is InChI=1S/C15H20N2O2S/c1-12-2-4-14(5-3-12)20(18,19)17-16-11-15-8-6-13(10-15)7-9-15/h2-5,11,13,17H,6-10H2,1H3/b16-11+. The van der Waals surface area contributed by atoms with Gasteiger partial charge in [0, 0.05) is 11.6 Å². The topological polar surface area (TPSA) is 58.5 Å². The third kappa shape index (κ3) is 2.59. The maximum absolute atomic E-state index is 12.1. The van der Waals surface area contributed by atoms with E-state index in [0.717, 1.165) is 24.3 Å². The number of benzene rings is 1. The van der Waals surface area contributed by atoms with Gasteiger partial charge in [0.25, 0.3) is 10.0 Å². The highest BCUT2D eigenvalue weighted by atomic mass is 32.2. The zero-order chi connectivity index (χ0) is 14.2. The summed E-state index contributed by atoms with van der Waals surface area (Å²) in [4.78, 5) is 2.60. The summed E-state index contributed by atoms with van der Waals surface area (Å²) in [5, 5.41) is 4.03. The summed E-state index contributed by atoms with van der Waals surface area (Å²) in [5.41, 5.74) is 1.19. The number of rotatable bonds is 4. The molecule has 20 heavy (non-hydrogen) atoms. The summed E-state index contributed by atoms with van der Waals surface area (Å²) >= 11 is 0. The molecule has 0 spiro atoms. The first-order valence-electron chi connectivity index (χ1n) is 7.12. The number of hydrazone groups is 1. The van der Waals surface area contributed by atoms with Gasteiger partial charge in [-0.15, -0.1) is 0 Å². The van der Waals surface area contributed by atoms with Crippen LogP contribution < -0.4 is 4.83 Å². The van der Waals surface area contributed by atoms with Gasteiger partial charge in [-0.05, 0) is 57.1 Å². The normalized spacial score (nSPS) is 29.1. The molecule has 0 heterocycles. The summed E-state index contributed by atoms with van der Waals surface area (Å²) in [6.45, 7) is 1.93. The van der Waals surface area contributed by atoms with Gasteiger partial charge in [0.05, 0.1) is 4.90 Å². The molecule has 108 valence electrons. The molecule has 4 nitrogen and oxygen atoms in total. The number of nitrogens with one attached hydrogen (secondary N) is 1. The summed E-state index contributed by atoms with van der Waals surface area (Å²) in [6.07, 6.45) is 7.82. The molecule has 1 aromatic carbocycles. The van der Waals surface area contributed by atoms with Crippen LogP contribution in [0.2, 0.25) is 0 Å². The monoisotopic (exact) mass is 292 g/mol. The van der Waals surface area contributed by atoms with Crippen molar-refractivity contribution in [2.45, 2.75) is 43.9 Å². The average Bonchev–Trinajstić information content (AvgIpc) is 2.99. The van der Waals surface area contributed by atoms with E-state index in [1.165, 1.54) is 19.3 Å². The van der Waals surface area contributed by atoms with E-state index in [-0.39, 0.29) is 10.3 Å². The Kier molecular flexibility index (Phi) is 3.32. The lowest BCUT2D eigenvalue weighted by atomic mass is 9.86. The van der Waals surface area contributed by atoms with E-state index in [9.17, 15) is 8.42 Å². The maximum Gasteiger partial charge on any atom is 0.276 e. The summed E-state index contributed by atoms with van der Waals surface area (Å²) < 4.78 is 24.2. The van der Waals surface area contributed by atoms with Crippen molar-refractivity contribution in [1.82, 2.24) is 4.83 Å². The molecule has 2 bridgehead atoms. The lowest BCUT2D eigenvalue weighted by molar-refractivity contribution is 0.421. The largest absolute Gasteiger partial charge is 0.276 e. The minimum absolute atomic E-state index is 0.153. The van der Waals surface area contributed by atoms with Crippen LogP contribution in [0, 0.1) is 18.3 Å². The lowest BCUT2D eigenvalue weighted by Gasteiger charge is -2.20. The fourth-order valence-corrected chi connectivity index (χ4v) is 4.21. The second-order valence-corrected chi connectivity index (χ2v) is 7.84. The Bertz CT molecular complexity index is 612. The molecule has 5 heteroatoms. The second kappa shape index (κ2) is 4.88. The third-order valence-electron chi connectivity index (χ3n) is 4.64. The molecule has 0 saturated heterocycles. The first-order chi connectivity index (χ1) is 9.49. The van der Waals surface area contributed by atoms with E-state index >= 15 is 0 Å². The fraction of sp³-hybridized carbons (Fsp3) is 0.533. The molecule has 0 atom stereocenters. The number of nitrogens with zero attached hydrogens (tertiary/aromatic N) is 1. The zero-order valence-electron chi connectivity index (χ0n) is 11.7. The van der Waals surface area contributed by atoms with Gasteiger partial charge in [-0.1, -0.05) is 17.7 Å². The van der Waals surface area contributed by atoms with Crippen molar-refractivity contribution in [3.8, 4) is 0 Å². The summed E-state index contributed by atoms with van der Waals surface area (Å²) in [5.74, 6) is 0.829. The van der Waals surface area contributed by atoms with Crippen molar-refractivity contribution in [3.05, 3.63) is 29.8 Å². The Morgan fingerprint density at radius 2 is 1.90 bits per heavy atom. The Balaban J connectivity index is 1.69. The third-order valence-corrected chi connectivity index (χ3v) is 5.88. The molecule has 0 aliphatic heterocycles. The first kappa shape index (κ1) is 13.6. The number of aryl methyl sites for hydroxylation is 1. The highest BCUT2D eigenvalue weighted by molar-refractivity contribution is 7.89. The minimum atomic E-state index is -3.54. The SMILES string of the molecule is Cc1ccc(S(=O)(=O)N/N=C/C23CCC(CC2)C3)cc1. The second-order valence-electron chi connectivity index (χ2n) is 6.18. The van der Waals surface area contributed by atoms with Gasteiger partial charge < -0.3 is 0 Å². The molecule has 1 N–H and O–H groups in total. The Labute approximate surface area is 120 Å². The van der Waals surface area contributed by atoms with Crippen LogP contribution in [-0.2, 0) is 10.0 Å². The smallest absolute Gasteiger partial charge is 0.200 e. The molecule has 0 aromatic heterocycles. The molecular weight excluding hydrogens is 272 g/mol. The van der Waals surface area contributed by atoms with E-state index < -0.39 is 10.0 Å². The highest BCUT2D eigenvalue weighted by Gasteiger charge is 2.43. The van der Waals surface area contributed by atoms with Gasteiger partial charge in [-0.25, -0.2) is 4.83 Å². The zero-order valence-corrected chi connectivity index (χ0v) is 12.5. The first-order valence-corrected chi connectivity index (χ1v) is 8.60. The van der Waals surface area contributed by atoms with Crippen molar-refractivity contribution in [2.24, 2.45) is 16.4 Å². The summed E-state index contributed by atoms with van der Waals surface area (Å²) in [7, 11) is -3.54. The predicted molar refractivity (Wildman–Crippen MR) is 79.0 cm³/mol. The van der Waals surface area contributed by atoms with Crippen LogP contribution in [0.15, 0.2) is 34.3 Å². The molecule has 2 saturated carbocycles. The van der Waals surface area contributed by atoms with Crippen LogP contribution in [-0.4, -0.2) is 14.6 Å². The van der Waals surface area contributed by atoms with Crippen molar-refractivity contribution in [2.75, 3.05) is 0 Å². The van der Waals surface area contributed by atoms with Crippen LogP contribution >= 0.6 is 0 Å². The number of hydrogen-bond acceptors (Lipinski definition) is 3. The molecular formula is C15H20N2O2S. The number of hydrogen-bond donors (Lipinski definition) is 1. The van der Waals surface area contributed by atoms with E-state index in [1.54, 1.807) is 24.3 Å². The van der Waals surface area contributed by atoms with E-state index in [4.69, 9.17) is 0 Å². The van der Waals surface area contributed by atoms with E-state index in [0.29, 0.717) is 0 Å². The molecule has 1 aromatic rings. The van der Waals surface area contributed by atoms with Crippen molar-refractivity contribution in [3.63, 3.8) is 0 Å². The molecule has 2 aliphatic rings. The van der Waals surface area contributed by atoms with Gasteiger partial charge >= 0.3 is 0 Å². The quantitative estimate of drug-likeness (QED) is 0.685. The molecule has 0 amide bonds. The Morgan fingerprint density at radius 3 is 2.45 bits per heavy atom. The van der Waals surface area contributed by atoms with Gasteiger partial charge in [-0.2, -0.15) is 13.5 Å². The minimum Gasteiger partial charge on any atom is -0.200 e. The fourth-order valence-electron chi connectivity index (χ4n) is 3.42. The predicted octanol–water partition coefficient (Wildman–Crippen LogP) is 2.84. The Hall–Kier alpha value is -1.36. The van der Waals surface area contributed by atoms with Crippen molar-refractivity contribution in [1.29, 1.82) is 0 Å². The molecule has 0 radical (unpaired) electrons. The van der Waals surface area contributed by atoms with Crippen molar-refractivity contribution >= 4 is 16.2 Å². The van der Waals surface area contributed by atoms with Gasteiger partial charge in [0.1, 0.15) is 0 Å². The van der Waals surface area contributed by atoms with Crippen LogP contribution in [0.4, 0.5) is 0 Å². The molecule has 3 rings (SSSR count). The van der Waals surface area contributed by atoms with Crippen LogP contribution in [0.25, 0.3) is 0 Å². The van der Waals surface area contributed by atoms with Gasteiger partial charge in [0.2, 0.25) is 0 Å². The molecule has 2 fully saturated rings. The molecule has 0 unspecified atom stereocenters.